The molecule has 0 saturated carbocycles. The standard InChI is InChI=1S/C58H51N4O.Pt/c1-56(2,3)43-27-32-52-54(35-43)61(39-60(52)45-28-25-42(26-29-45)57(4,5)40-17-10-8-11-18-40)46-21-16-22-47(37-46)63-48-30-31-50-49-23-14-15-24-51(49)62(53(50)38-48)55-36-44(33-34-59-55)58(6,7)41-19-12-9-13-20-41;/h8-36,39H,1-7H3;/q-3;. The molecule has 0 spiro atoms. The van der Waals surface area contributed by atoms with Crippen molar-refractivity contribution in [2.45, 2.75) is 64.7 Å². The van der Waals surface area contributed by atoms with E-state index in [1.807, 2.05) is 24.4 Å². The smallest absolute Gasteiger partial charge is 0.135 e. The first kappa shape index (κ1) is 42.9. The summed E-state index contributed by atoms with van der Waals surface area (Å²) in [5.41, 5.74) is 12.0. The number of fused-ring (bicyclic) bond motifs is 4. The van der Waals surface area contributed by atoms with E-state index in [9.17, 15) is 0 Å². The quantitative estimate of drug-likeness (QED) is 0.135. The first-order chi connectivity index (χ1) is 30.4. The number of aromatic nitrogens is 2. The van der Waals surface area contributed by atoms with Gasteiger partial charge in [-0.25, -0.2) is 4.98 Å². The summed E-state index contributed by atoms with van der Waals surface area (Å²) in [5, 5.41) is 2.22. The second-order valence-electron chi connectivity index (χ2n) is 18.7. The number of anilines is 4. The molecule has 0 fully saturated rings. The van der Waals surface area contributed by atoms with Crippen molar-refractivity contribution in [3.8, 4) is 17.3 Å². The summed E-state index contributed by atoms with van der Waals surface area (Å²) in [6, 6.07) is 67.4. The van der Waals surface area contributed by atoms with Crippen molar-refractivity contribution in [2.75, 3.05) is 9.80 Å². The van der Waals surface area contributed by atoms with Crippen LogP contribution in [0.2, 0.25) is 0 Å². The number of benzene rings is 7. The molecule has 6 heteroatoms. The van der Waals surface area contributed by atoms with Gasteiger partial charge in [-0.15, -0.1) is 48.1 Å². The zero-order valence-electron chi connectivity index (χ0n) is 37.3. The number of hydrogen-bond acceptors (Lipinski definition) is 4. The molecule has 7 aromatic carbocycles. The molecule has 64 heavy (non-hydrogen) atoms. The van der Waals surface area contributed by atoms with Crippen LogP contribution in [0.3, 0.4) is 0 Å². The predicted molar refractivity (Wildman–Crippen MR) is 260 cm³/mol. The molecular weight excluding hydrogens is 964 g/mol. The number of para-hydroxylation sites is 1. The van der Waals surface area contributed by atoms with Gasteiger partial charge in [-0.1, -0.05) is 151 Å². The SMILES string of the molecule is CC(C)(C)c1ccc2c(c1)N(c1[c-]c(Oc3[c-]c4c(cc3)c3ccccc3n4-c3cc(C(C)(C)c4ccccc4)ccn3)ccc1)[CH-]N2c1ccc(C(C)(C)c2ccccc2)cc1.[Pt]. The largest absolute Gasteiger partial charge is 0.509 e. The molecule has 0 bridgehead atoms. The van der Waals surface area contributed by atoms with Crippen LogP contribution in [0.25, 0.3) is 27.6 Å². The van der Waals surface area contributed by atoms with E-state index in [0.29, 0.717) is 11.5 Å². The molecule has 0 unspecified atom stereocenters. The Morgan fingerprint density at radius 2 is 1.12 bits per heavy atom. The van der Waals surface area contributed by atoms with Gasteiger partial charge in [-0.3, -0.25) is 0 Å². The van der Waals surface area contributed by atoms with Gasteiger partial charge in [0.2, 0.25) is 0 Å². The zero-order chi connectivity index (χ0) is 43.5. The van der Waals surface area contributed by atoms with E-state index in [1.165, 1.54) is 27.8 Å². The first-order valence-electron chi connectivity index (χ1n) is 21.8. The zero-order valence-corrected chi connectivity index (χ0v) is 39.6. The third-order valence-corrected chi connectivity index (χ3v) is 12.9. The normalized spacial score (nSPS) is 13.0. The second kappa shape index (κ2) is 16.6. The van der Waals surface area contributed by atoms with Crippen LogP contribution in [0.4, 0.5) is 22.7 Å². The average molecular weight is 1020 g/mol. The summed E-state index contributed by atoms with van der Waals surface area (Å²) >= 11 is 0. The minimum absolute atomic E-state index is 0. The van der Waals surface area contributed by atoms with Gasteiger partial charge in [0.05, 0.1) is 0 Å². The molecule has 0 N–H and O–H groups in total. The maximum Gasteiger partial charge on any atom is 0.135 e. The van der Waals surface area contributed by atoms with Gasteiger partial charge in [0.1, 0.15) is 5.82 Å². The van der Waals surface area contributed by atoms with Crippen LogP contribution in [-0.4, -0.2) is 9.55 Å². The van der Waals surface area contributed by atoms with Gasteiger partial charge < -0.3 is 19.1 Å². The first-order valence-corrected chi connectivity index (χ1v) is 21.8. The summed E-state index contributed by atoms with van der Waals surface area (Å²) in [5.74, 6) is 2.03. The Balaban J connectivity index is 0.00000518. The second-order valence-corrected chi connectivity index (χ2v) is 18.7. The van der Waals surface area contributed by atoms with Crippen molar-refractivity contribution < 1.29 is 25.8 Å². The minimum atomic E-state index is -0.223. The molecule has 1 aliphatic heterocycles. The molecule has 0 saturated heterocycles. The maximum absolute atomic E-state index is 6.67. The van der Waals surface area contributed by atoms with E-state index in [4.69, 9.17) is 9.72 Å². The van der Waals surface area contributed by atoms with Gasteiger partial charge >= 0.3 is 0 Å². The predicted octanol–water partition coefficient (Wildman–Crippen LogP) is 14.9. The van der Waals surface area contributed by atoms with Crippen LogP contribution in [0.5, 0.6) is 11.5 Å². The molecule has 10 rings (SSSR count). The average Bonchev–Trinajstić information content (AvgIpc) is 3.85. The third-order valence-electron chi connectivity index (χ3n) is 12.9. The van der Waals surface area contributed by atoms with Crippen molar-refractivity contribution >= 4 is 44.6 Å². The summed E-state index contributed by atoms with van der Waals surface area (Å²) in [6.07, 6.45) is 1.91. The number of rotatable bonds is 9. The van der Waals surface area contributed by atoms with Crippen molar-refractivity contribution in [2.24, 2.45) is 0 Å². The molecule has 0 aliphatic carbocycles. The van der Waals surface area contributed by atoms with Crippen LogP contribution in [0.15, 0.2) is 176 Å². The Labute approximate surface area is 392 Å². The monoisotopic (exact) mass is 1010 g/mol. The van der Waals surface area contributed by atoms with Crippen molar-refractivity contribution in [1.82, 2.24) is 9.55 Å². The summed E-state index contributed by atoms with van der Waals surface area (Å²) in [4.78, 5) is 9.43. The maximum atomic E-state index is 6.67. The molecule has 0 radical (unpaired) electrons. The molecule has 2 aromatic heterocycles. The van der Waals surface area contributed by atoms with Gasteiger partial charge in [0.25, 0.3) is 0 Å². The Morgan fingerprint density at radius 3 is 1.83 bits per heavy atom. The van der Waals surface area contributed by atoms with Crippen LogP contribution in [0.1, 0.15) is 76.3 Å². The molecule has 9 aromatic rings. The van der Waals surface area contributed by atoms with Crippen LogP contribution in [0, 0.1) is 18.8 Å². The Bertz CT molecular complexity index is 3110. The van der Waals surface area contributed by atoms with Gasteiger partial charge in [-0.05, 0) is 81.1 Å². The summed E-state index contributed by atoms with van der Waals surface area (Å²) in [7, 11) is 0. The van der Waals surface area contributed by atoms with Gasteiger partial charge in [-0.2, -0.15) is 12.1 Å². The molecule has 0 amide bonds. The number of hydrogen-bond donors (Lipinski definition) is 0. The number of ether oxygens (including phenoxy) is 1. The summed E-state index contributed by atoms with van der Waals surface area (Å²) in [6.45, 7) is 18.0. The molecular formula is C58H51N4OPt-3. The molecule has 1 aliphatic rings. The Hall–Kier alpha value is -6.42. The molecule has 5 nitrogen and oxygen atoms in total. The van der Waals surface area contributed by atoms with Crippen molar-refractivity contribution in [3.63, 3.8) is 0 Å². The number of nitrogens with zero attached hydrogens (tertiary/aromatic N) is 4. The van der Waals surface area contributed by atoms with E-state index >= 15 is 0 Å². The fraction of sp³-hybridized carbons (Fsp3) is 0.172. The van der Waals surface area contributed by atoms with Gasteiger partial charge in [0, 0.05) is 72.2 Å². The number of pyridine rings is 1. The van der Waals surface area contributed by atoms with Crippen LogP contribution >= 0.6 is 0 Å². The van der Waals surface area contributed by atoms with Crippen molar-refractivity contribution in [1.29, 1.82) is 0 Å². The molecule has 3 heterocycles. The molecule has 322 valence electrons. The Morgan fingerprint density at radius 1 is 0.500 bits per heavy atom. The fourth-order valence-electron chi connectivity index (χ4n) is 8.96. The minimum Gasteiger partial charge on any atom is -0.509 e. The fourth-order valence-corrected chi connectivity index (χ4v) is 8.96. The van der Waals surface area contributed by atoms with E-state index in [0.717, 1.165) is 50.4 Å². The third kappa shape index (κ3) is 7.71. The van der Waals surface area contributed by atoms with Gasteiger partial charge in [0.15, 0.2) is 0 Å². The van der Waals surface area contributed by atoms with Crippen LogP contribution < -0.4 is 14.5 Å². The van der Waals surface area contributed by atoms with E-state index < -0.39 is 0 Å². The van der Waals surface area contributed by atoms with E-state index in [-0.39, 0.29) is 37.3 Å². The summed E-state index contributed by atoms with van der Waals surface area (Å²) < 4.78 is 8.87. The van der Waals surface area contributed by atoms with E-state index in [2.05, 4.69) is 233 Å². The molecule has 0 atom stereocenters. The Kier molecular flexibility index (Phi) is 11.1. The van der Waals surface area contributed by atoms with Crippen LogP contribution in [-0.2, 0) is 37.3 Å². The van der Waals surface area contributed by atoms with E-state index in [1.54, 1.807) is 0 Å². The topological polar surface area (TPSA) is 33.5 Å². The van der Waals surface area contributed by atoms with Crippen molar-refractivity contribution in [3.05, 3.63) is 223 Å².